The molecule has 100 valence electrons. The smallest absolute Gasteiger partial charge is 0.130 e. The second kappa shape index (κ2) is 6.29. The highest BCUT2D eigenvalue weighted by Crippen LogP contribution is 2.29. The van der Waals surface area contributed by atoms with Gasteiger partial charge in [0.2, 0.25) is 0 Å². The van der Waals surface area contributed by atoms with Crippen LogP contribution in [0.1, 0.15) is 18.3 Å². The van der Waals surface area contributed by atoms with E-state index in [1.807, 2.05) is 12.1 Å². The third-order valence-corrected chi connectivity index (χ3v) is 3.02. The average Bonchev–Trinajstić information content (AvgIpc) is 2.47. The first-order chi connectivity index (χ1) is 9.28. The fourth-order valence-corrected chi connectivity index (χ4v) is 1.97. The summed E-state index contributed by atoms with van der Waals surface area (Å²) in [7, 11) is 1.67. The fourth-order valence-electron chi connectivity index (χ4n) is 1.97. The Morgan fingerprint density at radius 3 is 2.79 bits per heavy atom. The van der Waals surface area contributed by atoms with Crippen LogP contribution in [-0.4, -0.2) is 23.6 Å². The van der Waals surface area contributed by atoms with Gasteiger partial charge in [0.05, 0.1) is 12.8 Å². The molecule has 0 atom stereocenters. The lowest BCUT2D eigenvalue weighted by Gasteiger charge is -2.10. The first-order valence-electron chi connectivity index (χ1n) is 6.47. The van der Waals surface area contributed by atoms with Crippen molar-refractivity contribution in [2.45, 2.75) is 19.8 Å². The van der Waals surface area contributed by atoms with Crippen LogP contribution in [0.2, 0.25) is 0 Å². The van der Waals surface area contributed by atoms with Crippen molar-refractivity contribution in [2.75, 3.05) is 13.7 Å². The number of ether oxygens (including phenoxy) is 1. The van der Waals surface area contributed by atoms with Crippen LogP contribution in [0, 0.1) is 0 Å². The minimum Gasteiger partial charge on any atom is -0.496 e. The van der Waals surface area contributed by atoms with Crippen molar-refractivity contribution in [3.05, 3.63) is 41.9 Å². The highest BCUT2D eigenvalue weighted by atomic mass is 16.5. The van der Waals surface area contributed by atoms with E-state index in [0.29, 0.717) is 13.0 Å². The molecule has 1 aromatic carbocycles. The Morgan fingerprint density at radius 2 is 2.11 bits per heavy atom. The second-order valence-electron chi connectivity index (χ2n) is 4.28. The van der Waals surface area contributed by atoms with Crippen molar-refractivity contribution in [2.24, 2.45) is 5.73 Å². The van der Waals surface area contributed by atoms with Gasteiger partial charge in [-0.2, -0.15) is 0 Å². The summed E-state index contributed by atoms with van der Waals surface area (Å²) in [5.74, 6) is 1.60. The van der Waals surface area contributed by atoms with Gasteiger partial charge < -0.3 is 10.5 Å². The summed E-state index contributed by atoms with van der Waals surface area (Å²) in [4.78, 5) is 8.77. The minimum atomic E-state index is 0.551. The molecular weight excluding hydrogens is 238 g/mol. The van der Waals surface area contributed by atoms with Gasteiger partial charge in [0.15, 0.2) is 0 Å². The Hall–Kier alpha value is -1.94. The van der Waals surface area contributed by atoms with Gasteiger partial charge in [0, 0.05) is 18.2 Å². The zero-order valence-electron chi connectivity index (χ0n) is 11.4. The van der Waals surface area contributed by atoms with Crippen LogP contribution in [0.5, 0.6) is 5.75 Å². The number of benzene rings is 1. The van der Waals surface area contributed by atoms with Crippen molar-refractivity contribution in [3.8, 4) is 17.0 Å². The monoisotopic (exact) mass is 257 g/mol. The lowest BCUT2D eigenvalue weighted by Crippen LogP contribution is -2.06. The van der Waals surface area contributed by atoms with E-state index >= 15 is 0 Å². The predicted molar refractivity (Wildman–Crippen MR) is 76.2 cm³/mol. The Labute approximate surface area is 113 Å². The van der Waals surface area contributed by atoms with Gasteiger partial charge in [0.1, 0.15) is 11.6 Å². The summed E-state index contributed by atoms with van der Waals surface area (Å²) in [6, 6.07) is 8.08. The summed E-state index contributed by atoms with van der Waals surface area (Å²) in [5.41, 5.74) is 8.69. The molecule has 0 unspecified atom stereocenters. The van der Waals surface area contributed by atoms with Crippen molar-refractivity contribution >= 4 is 0 Å². The van der Waals surface area contributed by atoms with E-state index in [0.717, 1.165) is 29.3 Å². The highest BCUT2D eigenvalue weighted by Gasteiger charge is 2.09. The van der Waals surface area contributed by atoms with Crippen LogP contribution >= 0.6 is 0 Å². The highest BCUT2D eigenvalue weighted by molar-refractivity contribution is 5.67. The summed E-state index contributed by atoms with van der Waals surface area (Å²) in [5, 5.41) is 0. The summed E-state index contributed by atoms with van der Waals surface area (Å²) in [6.45, 7) is 2.68. The van der Waals surface area contributed by atoms with Crippen LogP contribution < -0.4 is 10.5 Å². The first-order valence-corrected chi connectivity index (χ1v) is 6.47. The number of aromatic nitrogens is 2. The Kier molecular flexibility index (Phi) is 4.47. The number of methoxy groups -OCH3 is 1. The standard InChI is InChI=1S/C15H19N3O/c1-3-11-4-5-14(19-2)12(10-11)13-7-9-17-15(18-13)6-8-16/h4-5,7,9-10H,3,6,8,16H2,1-2H3. The third kappa shape index (κ3) is 3.09. The molecule has 0 aliphatic heterocycles. The molecule has 0 saturated heterocycles. The molecule has 0 aliphatic carbocycles. The molecule has 0 radical (unpaired) electrons. The molecule has 0 spiro atoms. The molecule has 1 aromatic heterocycles. The van der Waals surface area contributed by atoms with Crippen LogP contribution in [-0.2, 0) is 12.8 Å². The lowest BCUT2D eigenvalue weighted by atomic mass is 10.0. The largest absolute Gasteiger partial charge is 0.496 e. The van der Waals surface area contributed by atoms with Crippen molar-refractivity contribution in [1.82, 2.24) is 9.97 Å². The third-order valence-electron chi connectivity index (χ3n) is 3.02. The molecule has 19 heavy (non-hydrogen) atoms. The molecule has 1 heterocycles. The molecule has 0 saturated carbocycles. The number of nitrogens with two attached hydrogens (primary N) is 1. The molecule has 4 nitrogen and oxygen atoms in total. The molecule has 0 amide bonds. The topological polar surface area (TPSA) is 61.0 Å². The molecular formula is C15H19N3O. The van der Waals surface area contributed by atoms with Gasteiger partial charge in [-0.05, 0) is 36.7 Å². The van der Waals surface area contributed by atoms with E-state index in [1.165, 1.54) is 5.56 Å². The Bertz CT molecular complexity index is 555. The molecule has 2 N–H and O–H groups in total. The van der Waals surface area contributed by atoms with Gasteiger partial charge in [-0.25, -0.2) is 9.97 Å². The van der Waals surface area contributed by atoms with E-state index < -0.39 is 0 Å². The van der Waals surface area contributed by atoms with Crippen molar-refractivity contribution < 1.29 is 4.74 Å². The fraction of sp³-hybridized carbons (Fsp3) is 0.333. The number of aryl methyl sites for hydroxylation is 1. The molecule has 0 aliphatic rings. The van der Waals surface area contributed by atoms with E-state index in [2.05, 4.69) is 29.0 Å². The quantitative estimate of drug-likeness (QED) is 0.892. The van der Waals surface area contributed by atoms with E-state index in [9.17, 15) is 0 Å². The van der Waals surface area contributed by atoms with E-state index in [-0.39, 0.29) is 0 Å². The van der Waals surface area contributed by atoms with Crippen LogP contribution in [0.4, 0.5) is 0 Å². The zero-order chi connectivity index (χ0) is 13.7. The molecule has 4 heteroatoms. The van der Waals surface area contributed by atoms with Crippen molar-refractivity contribution in [3.63, 3.8) is 0 Å². The summed E-state index contributed by atoms with van der Waals surface area (Å²) < 4.78 is 5.41. The molecule has 0 bridgehead atoms. The van der Waals surface area contributed by atoms with E-state index in [4.69, 9.17) is 10.5 Å². The van der Waals surface area contributed by atoms with Gasteiger partial charge in [0.25, 0.3) is 0 Å². The minimum absolute atomic E-state index is 0.551. The molecule has 2 aromatic rings. The maximum atomic E-state index is 5.55. The maximum absolute atomic E-state index is 5.55. The first kappa shape index (κ1) is 13.5. The van der Waals surface area contributed by atoms with Gasteiger partial charge >= 0.3 is 0 Å². The zero-order valence-corrected chi connectivity index (χ0v) is 11.4. The Morgan fingerprint density at radius 1 is 1.26 bits per heavy atom. The average molecular weight is 257 g/mol. The number of rotatable bonds is 5. The summed E-state index contributed by atoms with van der Waals surface area (Å²) in [6.07, 6.45) is 3.44. The lowest BCUT2D eigenvalue weighted by molar-refractivity contribution is 0.416. The number of hydrogen-bond donors (Lipinski definition) is 1. The number of hydrogen-bond acceptors (Lipinski definition) is 4. The van der Waals surface area contributed by atoms with Crippen LogP contribution in [0.25, 0.3) is 11.3 Å². The van der Waals surface area contributed by atoms with Crippen LogP contribution in [0.15, 0.2) is 30.5 Å². The van der Waals surface area contributed by atoms with Crippen molar-refractivity contribution in [1.29, 1.82) is 0 Å². The second-order valence-corrected chi connectivity index (χ2v) is 4.28. The van der Waals surface area contributed by atoms with Gasteiger partial charge in [-0.15, -0.1) is 0 Å². The predicted octanol–water partition coefficient (Wildman–Crippen LogP) is 2.22. The maximum Gasteiger partial charge on any atom is 0.130 e. The SMILES string of the molecule is CCc1ccc(OC)c(-c2ccnc(CCN)n2)c1. The van der Waals surface area contributed by atoms with Gasteiger partial charge in [-0.3, -0.25) is 0 Å². The van der Waals surface area contributed by atoms with Gasteiger partial charge in [-0.1, -0.05) is 13.0 Å². The summed E-state index contributed by atoms with van der Waals surface area (Å²) >= 11 is 0. The molecule has 0 fully saturated rings. The van der Waals surface area contributed by atoms with E-state index in [1.54, 1.807) is 13.3 Å². The van der Waals surface area contributed by atoms with Crippen LogP contribution in [0.3, 0.4) is 0 Å². The Balaban J connectivity index is 2.47. The number of nitrogens with zero attached hydrogens (tertiary/aromatic N) is 2. The normalized spacial score (nSPS) is 10.5. The molecule has 2 rings (SSSR count).